The summed E-state index contributed by atoms with van der Waals surface area (Å²) in [6.45, 7) is 0. The molecule has 1 aromatic heterocycles. The molecule has 1 N–H and O–H groups in total. The van der Waals surface area contributed by atoms with Crippen LogP contribution in [0.1, 0.15) is 27.9 Å². The molecular weight excluding hydrogens is 565 g/mol. The van der Waals surface area contributed by atoms with Gasteiger partial charge in [-0.1, -0.05) is 48.0 Å². The Morgan fingerprint density at radius 1 is 0.800 bits per heavy atom. The molecule has 0 radical (unpaired) electrons. The molecule has 40 heavy (non-hydrogen) atoms. The topological polar surface area (TPSA) is 51.2 Å². The van der Waals surface area contributed by atoms with E-state index in [0.29, 0.717) is 23.8 Å². The van der Waals surface area contributed by atoms with E-state index in [1.807, 2.05) is 0 Å². The van der Waals surface area contributed by atoms with Crippen LogP contribution in [0.5, 0.6) is 5.75 Å². The molecule has 0 aliphatic rings. The van der Waals surface area contributed by atoms with Gasteiger partial charge in [0.15, 0.2) is 0 Å². The van der Waals surface area contributed by atoms with Gasteiger partial charge in [0, 0.05) is 12.6 Å². The van der Waals surface area contributed by atoms with Gasteiger partial charge in [0.1, 0.15) is 17.1 Å². The second kappa shape index (κ2) is 11.2. The first-order valence-corrected chi connectivity index (χ1v) is 11.9. The summed E-state index contributed by atoms with van der Waals surface area (Å²) in [5.41, 5.74) is -4.31. The van der Waals surface area contributed by atoms with Crippen molar-refractivity contribution in [2.24, 2.45) is 0 Å². The van der Waals surface area contributed by atoms with Crippen LogP contribution in [0.2, 0.25) is 5.02 Å². The molecule has 1 amide bonds. The smallest absolute Gasteiger partial charge is 0.410 e. The van der Waals surface area contributed by atoms with E-state index < -0.39 is 46.7 Å². The number of amides is 1. The minimum Gasteiger partial charge on any atom is -0.410 e. The number of carbonyl (C=O) groups is 1. The van der Waals surface area contributed by atoms with Gasteiger partial charge in [-0.3, -0.25) is 4.98 Å². The molecule has 4 nitrogen and oxygen atoms in total. The number of hydrogen-bond acceptors (Lipinski definition) is 3. The average molecular weight is 583 g/mol. The molecular formula is C28H18ClF7N2O2. The SMILES string of the molecule is O=C(N[C@@](Cc1ccccc1)(c1cc(F)cc(C(F)(F)F)c1)c1ccc(Cl)cn1)Oc1cccc(C(F)(F)F)c1. The van der Waals surface area contributed by atoms with E-state index >= 15 is 0 Å². The van der Waals surface area contributed by atoms with Crippen LogP contribution in [-0.2, 0) is 24.3 Å². The lowest BCUT2D eigenvalue weighted by Gasteiger charge is -2.35. The van der Waals surface area contributed by atoms with Gasteiger partial charge in [-0.25, -0.2) is 9.18 Å². The van der Waals surface area contributed by atoms with Gasteiger partial charge in [0.25, 0.3) is 0 Å². The fraction of sp³-hybridized carbons (Fsp3) is 0.143. The lowest BCUT2D eigenvalue weighted by molar-refractivity contribution is -0.138. The van der Waals surface area contributed by atoms with Crippen LogP contribution in [0, 0.1) is 5.82 Å². The Balaban J connectivity index is 1.88. The molecule has 12 heteroatoms. The Hall–Kier alpha value is -4.12. The summed E-state index contributed by atoms with van der Waals surface area (Å²) in [5.74, 6) is -1.73. The third-order valence-electron chi connectivity index (χ3n) is 5.88. The van der Waals surface area contributed by atoms with Gasteiger partial charge in [0.05, 0.1) is 21.8 Å². The molecule has 1 heterocycles. The number of rotatable bonds is 6. The number of nitrogens with zero attached hydrogens (tertiary/aromatic N) is 1. The number of hydrogen-bond donors (Lipinski definition) is 1. The van der Waals surface area contributed by atoms with E-state index in [-0.39, 0.29) is 22.7 Å². The van der Waals surface area contributed by atoms with Crippen molar-refractivity contribution in [3.63, 3.8) is 0 Å². The molecule has 0 bridgehead atoms. The highest BCUT2D eigenvalue weighted by Crippen LogP contribution is 2.38. The third kappa shape index (κ3) is 6.71. The molecule has 4 rings (SSSR count). The van der Waals surface area contributed by atoms with Gasteiger partial charge in [-0.15, -0.1) is 0 Å². The summed E-state index contributed by atoms with van der Waals surface area (Å²) in [4.78, 5) is 17.4. The van der Waals surface area contributed by atoms with Gasteiger partial charge < -0.3 is 10.1 Å². The molecule has 208 valence electrons. The van der Waals surface area contributed by atoms with E-state index in [2.05, 4.69) is 10.3 Å². The third-order valence-corrected chi connectivity index (χ3v) is 6.11. The molecule has 0 saturated heterocycles. The van der Waals surface area contributed by atoms with E-state index in [4.69, 9.17) is 16.3 Å². The first kappa shape index (κ1) is 28.9. The van der Waals surface area contributed by atoms with E-state index in [1.54, 1.807) is 30.3 Å². The van der Waals surface area contributed by atoms with Gasteiger partial charge in [0.2, 0.25) is 0 Å². The zero-order valence-electron chi connectivity index (χ0n) is 20.2. The average Bonchev–Trinajstić information content (AvgIpc) is 2.88. The zero-order valence-corrected chi connectivity index (χ0v) is 20.9. The first-order chi connectivity index (χ1) is 18.8. The van der Waals surface area contributed by atoms with Crippen LogP contribution >= 0.6 is 11.6 Å². The van der Waals surface area contributed by atoms with E-state index in [0.717, 1.165) is 24.3 Å². The van der Waals surface area contributed by atoms with Crippen molar-refractivity contribution in [1.29, 1.82) is 0 Å². The van der Waals surface area contributed by atoms with Crippen molar-refractivity contribution in [3.05, 3.63) is 130 Å². The fourth-order valence-corrected chi connectivity index (χ4v) is 4.21. The number of nitrogens with one attached hydrogen (secondary N) is 1. The van der Waals surface area contributed by atoms with Crippen molar-refractivity contribution in [2.75, 3.05) is 0 Å². The van der Waals surface area contributed by atoms with Gasteiger partial charge in [-0.2, -0.15) is 26.3 Å². The highest BCUT2D eigenvalue weighted by Gasteiger charge is 2.41. The predicted octanol–water partition coefficient (Wildman–Crippen LogP) is 8.19. The van der Waals surface area contributed by atoms with Crippen LogP contribution in [-0.4, -0.2) is 11.1 Å². The molecule has 0 aliphatic heterocycles. The highest BCUT2D eigenvalue weighted by atomic mass is 35.5. The molecule has 0 saturated carbocycles. The molecule has 3 aromatic carbocycles. The molecule has 1 atom stereocenters. The number of carbonyl (C=O) groups excluding carboxylic acids is 1. The summed E-state index contributed by atoms with van der Waals surface area (Å²) in [5, 5.41) is 2.63. The van der Waals surface area contributed by atoms with Crippen molar-refractivity contribution >= 4 is 17.7 Å². The number of halogens is 8. The standard InChI is InChI=1S/C28H18ClF7N2O2/c29-21-9-10-24(37-16-21)26(15-17-5-2-1-3-6-17,19-11-20(28(34,35)36)13-22(30)12-19)38-25(39)40-23-8-4-7-18(14-23)27(31,32)33/h1-14,16H,15H2,(H,38,39)/t26-/m0/s1. The maximum atomic E-state index is 14.7. The maximum Gasteiger partial charge on any atom is 0.416 e. The lowest BCUT2D eigenvalue weighted by atomic mass is 9.80. The number of alkyl halides is 6. The maximum absolute atomic E-state index is 14.7. The Bertz CT molecular complexity index is 1490. The predicted molar refractivity (Wildman–Crippen MR) is 132 cm³/mol. The van der Waals surface area contributed by atoms with Gasteiger partial charge in [-0.05, 0) is 59.7 Å². The van der Waals surface area contributed by atoms with Crippen LogP contribution in [0.25, 0.3) is 0 Å². The summed E-state index contributed by atoms with van der Waals surface area (Å²) in [6.07, 6.45) is -10.1. The summed E-state index contributed by atoms with van der Waals surface area (Å²) >= 11 is 5.97. The van der Waals surface area contributed by atoms with Crippen molar-refractivity contribution < 1.29 is 40.3 Å². The monoisotopic (exact) mass is 582 g/mol. The second-order valence-corrected chi connectivity index (χ2v) is 9.13. The van der Waals surface area contributed by atoms with Crippen molar-refractivity contribution in [3.8, 4) is 5.75 Å². The van der Waals surface area contributed by atoms with E-state index in [1.165, 1.54) is 18.3 Å². The second-order valence-electron chi connectivity index (χ2n) is 8.70. The Labute approximate surface area is 228 Å². The highest BCUT2D eigenvalue weighted by molar-refractivity contribution is 6.30. The number of benzene rings is 3. The van der Waals surface area contributed by atoms with Crippen molar-refractivity contribution in [2.45, 2.75) is 24.3 Å². The first-order valence-electron chi connectivity index (χ1n) is 11.5. The summed E-state index contributed by atoms with van der Waals surface area (Å²) < 4.78 is 100. The van der Waals surface area contributed by atoms with Crippen LogP contribution in [0.3, 0.4) is 0 Å². The lowest BCUT2D eigenvalue weighted by Crippen LogP contribution is -2.50. The molecule has 0 unspecified atom stereocenters. The minimum atomic E-state index is -4.94. The Morgan fingerprint density at radius 3 is 2.10 bits per heavy atom. The molecule has 0 spiro atoms. The fourth-order valence-electron chi connectivity index (χ4n) is 4.09. The van der Waals surface area contributed by atoms with Crippen LogP contribution < -0.4 is 10.1 Å². The van der Waals surface area contributed by atoms with Crippen LogP contribution in [0.4, 0.5) is 35.5 Å². The zero-order chi connectivity index (χ0) is 29.1. The van der Waals surface area contributed by atoms with E-state index in [9.17, 15) is 35.5 Å². The normalized spacial score (nSPS) is 13.4. The largest absolute Gasteiger partial charge is 0.416 e. The molecule has 4 aromatic rings. The quantitative estimate of drug-likeness (QED) is 0.233. The summed E-state index contributed by atoms with van der Waals surface area (Å²) in [7, 11) is 0. The molecule has 0 fully saturated rings. The van der Waals surface area contributed by atoms with Crippen LogP contribution in [0.15, 0.2) is 91.1 Å². The minimum absolute atomic E-state index is 0.0412. The molecule has 0 aliphatic carbocycles. The summed E-state index contributed by atoms with van der Waals surface area (Å²) in [6, 6.07) is 16.1. The van der Waals surface area contributed by atoms with Crippen molar-refractivity contribution in [1.82, 2.24) is 10.3 Å². The Morgan fingerprint density at radius 2 is 1.48 bits per heavy atom. The number of aromatic nitrogens is 1. The van der Waals surface area contributed by atoms with Gasteiger partial charge >= 0.3 is 18.4 Å². The Kier molecular flexibility index (Phi) is 8.06. The number of ether oxygens (including phenoxy) is 1. The number of pyridine rings is 1.